The molecule has 0 saturated heterocycles. The van der Waals surface area contributed by atoms with Gasteiger partial charge in [-0.3, -0.25) is 4.68 Å². The number of aliphatic imine (C=N–C) groups is 1. The lowest BCUT2D eigenvalue weighted by atomic mass is 10.3. The van der Waals surface area contributed by atoms with E-state index in [0.29, 0.717) is 6.54 Å². The smallest absolute Gasteiger partial charge is 0.191 e. The fourth-order valence-corrected chi connectivity index (χ4v) is 2.67. The van der Waals surface area contributed by atoms with Gasteiger partial charge < -0.3 is 10.6 Å². The lowest BCUT2D eigenvalue weighted by Gasteiger charge is -2.10. The van der Waals surface area contributed by atoms with E-state index < -0.39 is 0 Å². The van der Waals surface area contributed by atoms with Gasteiger partial charge in [-0.05, 0) is 13.3 Å². The normalized spacial score (nSPS) is 11.7. The first-order valence-electron chi connectivity index (χ1n) is 7.51. The Kier molecular flexibility index (Phi) is 6.32. The summed E-state index contributed by atoms with van der Waals surface area (Å²) in [5, 5.41) is 13.9. The number of aryl methyl sites for hydroxylation is 2. The molecule has 0 radical (unpaired) electrons. The van der Waals surface area contributed by atoms with Crippen LogP contribution in [-0.4, -0.2) is 38.8 Å². The molecule has 0 amide bonds. The summed E-state index contributed by atoms with van der Waals surface area (Å²) in [4.78, 5) is 13.3. The molecule has 7 nitrogen and oxygen atoms in total. The third kappa shape index (κ3) is 4.80. The molecule has 2 N–H and O–H groups in total. The van der Waals surface area contributed by atoms with E-state index in [1.165, 1.54) is 5.01 Å². The summed E-state index contributed by atoms with van der Waals surface area (Å²) in [7, 11) is 1.87. The minimum absolute atomic E-state index is 0.502. The van der Waals surface area contributed by atoms with Gasteiger partial charge in [-0.2, -0.15) is 5.10 Å². The second-order valence-corrected chi connectivity index (χ2v) is 5.70. The second-order valence-electron chi connectivity index (χ2n) is 4.76. The summed E-state index contributed by atoms with van der Waals surface area (Å²) in [6.07, 6.45) is 3.43. The van der Waals surface area contributed by atoms with E-state index in [2.05, 4.69) is 43.0 Å². The Morgan fingerprint density at radius 1 is 1.36 bits per heavy atom. The van der Waals surface area contributed by atoms with Crippen LogP contribution in [0.25, 0.3) is 0 Å². The number of hydrogen-bond donors (Lipinski definition) is 2. The van der Waals surface area contributed by atoms with E-state index >= 15 is 0 Å². The Hall–Kier alpha value is -1.96. The second kappa shape index (κ2) is 8.47. The molecule has 0 unspecified atom stereocenters. The van der Waals surface area contributed by atoms with Crippen LogP contribution in [0.3, 0.4) is 0 Å². The minimum atomic E-state index is 0.502. The SMILES string of the molecule is CCNC(=NCc1ncnn1C)NCCc1csc(CC)n1. The van der Waals surface area contributed by atoms with Gasteiger partial charge in [0.05, 0.1) is 10.7 Å². The number of hydrogen-bond acceptors (Lipinski definition) is 5. The highest BCUT2D eigenvalue weighted by atomic mass is 32.1. The first kappa shape index (κ1) is 16.4. The minimum Gasteiger partial charge on any atom is -0.357 e. The van der Waals surface area contributed by atoms with E-state index in [1.54, 1.807) is 22.3 Å². The molecule has 0 spiro atoms. The molecule has 120 valence electrons. The van der Waals surface area contributed by atoms with Crippen LogP contribution >= 0.6 is 11.3 Å². The zero-order valence-corrected chi connectivity index (χ0v) is 14.2. The van der Waals surface area contributed by atoms with Gasteiger partial charge in [0.15, 0.2) is 5.96 Å². The highest BCUT2D eigenvalue weighted by molar-refractivity contribution is 7.09. The number of nitrogens with one attached hydrogen (secondary N) is 2. The van der Waals surface area contributed by atoms with Crippen molar-refractivity contribution < 1.29 is 0 Å². The molecule has 2 aromatic rings. The highest BCUT2D eigenvalue weighted by Gasteiger charge is 2.03. The number of guanidine groups is 1. The van der Waals surface area contributed by atoms with E-state index in [9.17, 15) is 0 Å². The molecule has 0 aromatic carbocycles. The van der Waals surface area contributed by atoms with Crippen LogP contribution in [-0.2, 0) is 26.4 Å². The summed E-state index contributed by atoms with van der Waals surface area (Å²) in [5.41, 5.74) is 1.14. The van der Waals surface area contributed by atoms with Crippen LogP contribution in [0.5, 0.6) is 0 Å². The van der Waals surface area contributed by atoms with Crippen molar-refractivity contribution in [3.63, 3.8) is 0 Å². The van der Waals surface area contributed by atoms with E-state index in [4.69, 9.17) is 0 Å². The maximum Gasteiger partial charge on any atom is 0.191 e. The number of aromatic nitrogens is 4. The Morgan fingerprint density at radius 3 is 2.86 bits per heavy atom. The van der Waals surface area contributed by atoms with Gasteiger partial charge in [-0.15, -0.1) is 11.3 Å². The summed E-state index contributed by atoms with van der Waals surface area (Å²) in [6, 6.07) is 0. The van der Waals surface area contributed by atoms with E-state index in [1.807, 2.05) is 14.0 Å². The molecule has 0 aliphatic rings. The third-order valence-corrected chi connectivity index (χ3v) is 4.15. The monoisotopic (exact) mass is 321 g/mol. The van der Waals surface area contributed by atoms with Crippen LogP contribution in [0, 0.1) is 0 Å². The van der Waals surface area contributed by atoms with Crippen LogP contribution in [0.1, 0.15) is 30.4 Å². The van der Waals surface area contributed by atoms with Crippen molar-refractivity contribution in [2.24, 2.45) is 12.0 Å². The van der Waals surface area contributed by atoms with Gasteiger partial charge in [0, 0.05) is 31.9 Å². The third-order valence-electron chi connectivity index (χ3n) is 3.10. The molecular weight excluding hydrogens is 298 g/mol. The molecule has 0 saturated carbocycles. The molecule has 0 aliphatic carbocycles. The number of rotatable bonds is 7. The molecule has 8 heteroatoms. The first-order chi connectivity index (χ1) is 10.7. The van der Waals surface area contributed by atoms with Crippen molar-refractivity contribution >= 4 is 17.3 Å². The largest absolute Gasteiger partial charge is 0.357 e. The van der Waals surface area contributed by atoms with Gasteiger partial charge in [0.2, 0.25) is 0 Å². The van der Waals surface area contributed by atoms with Crippen LogP contribution in [0.2, 0.25) is 0 Å². The number of thiazole rings is 1. The average molecular weight is 321 g/mol. The van der Waals surface area contributed by atoms with Gasteiger partial charge >= 0.3 is 0 Å². The zero-order valence-electron chi connectivity index (χ0n) is 13.3. The number of nitrogens with zero attached hydrogens (tertiary/aromatic N) is 5. The summed E-state index contributed by atoms with van der Waals surface area (Å²) >= 11 is 1.73. The molecule has 2 rings (SSSR count). The maximum absolute atomic E-state index is 4.57. The molecule has 22 heavy (non-hydrogen) atoms. The van der Waals surface area contributed by atoms with Crippen molar-refractivity contribution in [2.75, 3.05) is 13.1 Å². The van der Waals surface area contributed by atoms with Gasteiger partial charge in [0.25, 0.3) is 0 Å². The molecular formula is C14H23N7S. The zero-order chi connectivity index (χ0) is 15.8. The Labute approximate surface area is 134 Å². The Balaban J connectivity index is 1.84. The Bertz CT molecular complexity index is 602. The van der Waals surface area contributed by atoms with Gasteiger partial charge in [-0.1, -0.05) is 6.92 Å². The molecule has 0 aliphatic heterocycles. The standard InChI is InChI=1S/C14H23N7S/c1-4-13-20-11(9-22-13)6-7-16-14(15-5-2)17-8-12-18-10-19-21(12)3/h9-10H,4-8H2,1-3H3,(H2,15,16,17). The van der Waals surface area contributed by atoms with Gasteiger partial charge in [0.1, 0.15) is 18.7 Å². The van der Waals surface area contributed by atoms with Crippen molar-refractivity contribution in [1.82, 2.24) is 30.4 Å². The topological polar surface area (TPSA) is 80.0 Å². The first-order valence-corrected chi connectivity index (χ1v) is 8.39. The molecule has 0 fully saturated rings. The fourth-order valence-electron chi connectivity index (χ4n) is 1.89. The Morgan fingerprint density at radius 2 is 2.23 bits per heavy atom. The molecule has 0 atom stereocenters. The van der Waals surface area contributed by atoms with Crippen molar-refractivity contribution in [1.29, 1.82) is 0 Å². The maximum atomic E-state index is 4.57. The highest BCUT2D eigenvalue weighted by Crippen LogP contribution is 2.10. The summed E-state index contributed by atoms with van der Waals surface area (Å²) in [6.45, 7) is 6.30. The van der Waals surface area contributed by atoms with E-state index in [0.717, 1.165) is 43.4 Å². The van der Waals surface area contributed by atoms with Crippen molar-refractivity contribution in [3.8, 4) is 0 Å². The quantitative estimate of drug-likeness (QED) is 0.590. The fraction of sp³-hybridized carbons (Fsp3) is 0.571. The predicted octanol–water partition coefficient (Wildman–Crippen LogP) is 1.13. The lowest BCUT2D eigenvalue weighted by Crippen LogP contribution is -2.38. The molecule has 2 heterocycles. The molecule has 2 aromatic heterocycles. The van der Waals surface area contributed by atoms with Crippen LogP contribution in [0.15, 0.2) is 16.7 Å². The van der Waals surface area contributed by atoms with Crippen LogP contribution < -0.4 is 10.6 Å². The predicted molar refractivity (Wildman–Crippen MR) is 89.0 cm³/mol. The average Bonchev–Trinajstić information content (AvgIpc) is 3.13. The molecule has 0 bridgehead atoms. The van der Waals surface area contributed by atoms with Crippen molar-refractivity contribution in [3.05, 3.63) is 28.2 Å². The van der Waals surface area contributed by atoms with E-state index in [-0.39, 0.29) is 0 Å². The summed E-state index contributed by atoms with van der Waals surface area (Å²) < 4.78 is 1.73. The van der Waals surface area contributed by atoms with Crippen LogP contribution in [0.4, 0.5) is 0 Å². The summed E-state index contributed by atoms with van der Waals surface area (Å²) in [5.74, 6) is 1.63. The van der Waals surface area contributed by atoms with Crippen molar-refractivity contribution in [2.45, 2.75) is 33.2 Å². The van der Waals surface area contributed by atoms with Gasteiger partial charge in [-0.25, -0.2) is 15.0 Å². The lowest BCUT2D eigenvalue weighted by molar-refractivity contribution is 0.697.